The van der Waals surface area contributed by atoms with Gasteiger partial charge in [-0.1, -0.05) is 17.7 Å². The predicted octanol–water partition coefficient (Wildman–Crippen LogP) is 5.47. The van der Waals surface area contributed by atoms with Gasteiger partial charge in [-0.25, -0.2) is 0 Å². The summed E-state index contributed by atoms with van der Waals surface area (Å²) in [6.45, 7) is 4.98. The van der Waals surface area contributed by atoms with Crippen LogP contribution in [0, 0.1) is 11.8 Å². The molecule has 6 atom stereocenters. The molecule has 0 aromatic rings. The third kappa shape index (κ3) is 8.46. The third-order valence-electron chi connectivity index (χ3n) is 8.15. The molecule has 0 N–H and O–H groups in total. The van der Waals surface area contributed by atoms with Gasteiger partial charge < -0.3 is 23.8 Å². The van der Waals surface area contributed by atoms with Crippen LogP contribution < -0.4 is 0 Å². The summed E-state index contributed by atoms with van der Waals surface area (Å²) >= 11 is 0. The van der Waals surface area contributed by atoms with Crippen LogP contribution in [0.4, 0.5) is 0 Å². The number of allylic oxidation sites excluding steroid dienone is 1. The van der Waals surface area contributed by atoms with Crippen molar-refractivity contribution in [3.8, 4) is 0 Å². The van der Waals surface area contributed by atoms with Gasteiger partial charge in [0.15, 0.2) is 5.78 Å². The van der Waals surface area contributed by atoms with E-state index in [0.717, 1.165) is 51.4 Å². The molecule has 6 heterocycles. The molecule has 200 valence electrons. The summed E-state index contributed by atoms with van der Waals surface area (Å²) in [7, 11) is 0. The molecule has 6 rings (SSSR count). The van der Waals surface area contributed by atoms with E-state index in [4.69, 9.17) is 14.2 Å². The molecule has 0 saturated carbocycles. The molecular weight excluding hydrogens is 456 g/mol. The Labute approximate surface area is 216 Å². The van der Waals surface area contributed by atoms with Gasteiger partial charge in [-0.2, -0.15) is 0 Å². The Bertz CT molecular complexity index is 778. The molecule has 5 fully saturated rings. The van der Waals surface area contributed by atoms with Crippen molar-refractivity contribution in [1.82, 2.24) is 0 Å². The highest BCUT2D eigenvalue weighted by molar-refractivity contribution is 5.88. The summed E-state index contributed by atoms with van der Waals surface area (Å²) in [5.41, 5.74) is 1.23. The summed E-state index contributed by atoms with van der Waals surface area (Å²) < 4.78 is 16.9. The first-order valence-electron chi connectivity index (χ1n) is 14.1. The molecule has 36 heavy (non-hydrogen) atoms. The van der Waals surface area contributed by atoms with Gasteiger partial charge in [0.25, 0.3) is 0 Å². The number of hydrogen-bond acceptors (Lipinski definition) is 6. The van der Waals surface area contributed by atoms with Crippen molar-refractivity contribution in [2.45, 2.75) is 134 Å². The van der Waals surface area contributed by atoms with Crippen LogP contribution in [0.5, 0.6) is 0 Å². The second kappa shape index (κ2) is 12.7. The molecule has 5 saturated heterocycles. The summed E-state index contributed by atoms with van der Waals surface area (Å²) in [5.74, 6) is 2.05. The largest absolute Gasteiger partial charge is 0.375 e. The summed E-state index contributed by atoms with van der Waals surface area (Å²) in [4.78, 5) is 32.6. The highest BCUT2D eigenvalue weighted by Crippen LogP contribution is 2.38. The molecule has 6 aliphatic rings. The van der Waals surface area contributed by atoms with Crippen molar-refractivity contribution < 1.29 is 28.6 Å². The van der Waals surface area contributed by atoms with E-state index in [1.54, 1.807) is 26.8 Å². The number of fused-ring (bicyclic) bond motifs is 6. The lowest BCUT2D eigenvalue weighted by Gasteiger charge is -2.27. The van der Waals surface area contributed by atoms with E-state index in [9.17, 15) is 14.4 Å². The van der Waals surface area contributed by atoms with Gasteiger partial charge in [-0.05, 0) is 103 Å². The van der Waals surface area contributed by atoms with Gasteiger partial charge in [0, 0.05) is 12.8 Å². The third-order valence-corrected chi connectivity index (χ3v) is 8.15. The number of ketones is 3. The van der Waals surface area contributed by atoms with Crippen LogP contribution >= 0.6 is 0 Å². The second-order valence-electron chi connectivity index (χ2n) is 11.8. The zero-order chi connectivity index (χ0) is 25.7. The molecule has 0 spiro atoms. The van der Waals surface area contributed by atoms with Gasteiger partial charge >= 0.3 is 0 Å². The molecule has 6 heteroatoms. The van der Waals surface area contributed by atoms with E-state index < -0.39 is 0 Å². The van der Waals surface area contributed by atoms with Gasteiger partial charge in [0.2, 0.25) is 0 Å². The summed E-state index contributed by atoms with van der Waals surface area (Å²) in [6.07, 6.45) is 21.0. The van der Waals surface area contributed by atoms with E-state index >= 15 is 0 Å². The van der Waals surface area contributed by atoms with E-state index in [1.807, 2.05) is 0 Å². The molecule has 0 aromatic carbocycles. The van der Waals surface area contributed by atoms with E-state index in [2.05, 4.69) is 12.2 Å². The first kappa shape index (κ1) is 27.4. The van der Waals surface area contributed by atoms with Crippen LogP contribution in [0.3, 0.4) is 0 Å². The Morgan fingerprint density at radius 2 is 1.08 bits per heavy atom. The second-order valence-corrected chi connectivity index (χ2v) is 11.8. The molecule has 6 unspecified atom stereocenters. The van der Waals surface area contributed by atoms with Crippen LogP contribution in [-0.4, -0.2) is 54.0 Å². The van der Waals surface area contributed by atoms with Crippen LogP contribution in [0.15, 0.2) is 23.8 Å². The molecule has 6 aliphatic heterocycles. The zero-order valence-electron chi connectivity index (χ0n) is 22.3. The van der Waals surface area contributed by atoms with Crippen LogP contribution in [-0.2, 0) is 28.6 Å². The van der Waals surface area contributed by atoms with Crippen molar-refractivity contribution in [1.29, 1.82) is 0 Å². The van der Waals surface area contributed by atoms with E-state index in [-0.39, 0.29) is 18.0 Å². The topological polar surface area (TPSA) is 78.9 Å². The Morgan fingerprint density at radius 3 is 1.42 bits per heavy atom. The monoisotopic (exact) mass is 500 g/mol. The van der Waals surface area contributed by atoms with Crippen LogP contribution in [0.2, 0.25) is 0 Å². The van der Waals surface area contributed by atoms with Crippen LogP contribution in [0.25, 0.3) is 0 Å². The molecule has 0 radical (unpaired) electrons. The van der Waals surface area contributed by atoms with E-state index in [0.29, 0.717) is 47.8 Å². The highest BCUT2D eigenvalue weighted by atomic mass is 16.5. The van der Waals surface area contributed by atoms with Crippen molar-refractivity contribution in [2.24, 2.45) is 11.8 Å². The molecule has 0 amide bonds. The van der Waals surface area contributed by atoms with Crippen molar-refractivity contribution >= 4 is 17.3 Å². The van der Waals surface area contributed by atoms with Crippen LogP contribution in [0.1, 0.15) is 97.8 Å². The SMILES string of the molecule is CC(=O)C=C1CC2C=CC(C1)O2.CC(=O)CC1CC2CCC(C1)O2.CC(=O)CC1CC2CCC(C1)O2. The highest BCUT2D eigenvalue weighted by Gasteiger charge is 2.36. The maximum atomic E-state index is 10.9. The smallest absolute Gasteiger partial charge is 0.152 e. The Kier molecular flexibility index (Phi) is 9.71. The molecular formula is C30H44O6. The van der Waals surface area contributed by atoms with Gasteiger partial charge in [-0.15, -0.1) is 0 Å². The van der Waals surface area contributed by atoms with Crippen molar-refractivity contribution in [3.05, 3.63) is 23.8 Å². The minimum absolute atomic E-state index is 0.145. The lowest BCUT2D eigenvalue weighted by atomic mass is 9.91. The Balaban J connectivity index is 0.000000127. The average molecular weight is 501 g/mol. The lowest BCUT2D eigenvalue weighted by molar-refractivity contribution is -0.120. The minimum atomic E-state index is 0.145. The zero-order valence-corrected chi connectivity index (χ0v) is 22.3. The first-order chi connectivity index (χ1) is 17.2. The van der Waals surface area contributed by atoms with Gasteiger partial charge in [0.1, 0.15) is 11.6 Å². The summed E-state index contributed by atoms with van der Waals surface area (Å²) in [6, 6.07) is 0. The molecule has 0 aliphatic carbocycles. The minimum Gasteiger partial charge on any atom is -0.375 e. The normalized spacial score (nSPS) is 37.4. The fourth-order valence-electron chi connectivity index (χ4n) is 6.88. The summed E-state index contributed by atoms with van der Waals surface area (Å²) in [5, 5.41) is 0. The average Bonchev–Trinajstić information content (AvgIpc) is 3.43. The molecule has 0 aromatic heterocycles. The standard InChI is InChI=1S/2C10H16O2.C10H12O2/c3*1-7(11)4-8-5-9-2-3-10(6-8)12-9/h2*8-10H,2-6H2,1H3;2-4,9-10H,5-6H2,1H3. The van der Waals surface area contributed by atoms with Gasteiger partial charge in [-0.3, -0.25) is 4.79 Å². The first-order valence-corrected chi connectivity index (χ1v) is 14.1. The number of Topliss-reactive ketones (excluding diaryl/α,β-unsaturated/α-hetero) is 2. The van der Waals surface area contributed by atoms with Gasteiger partial charge in [0.05, 0.1) is 36.6 Å². The quantitative estimate of drug-likeness (QED) is 0.368. The fraction of sp³-hybridized carbons (Fsp3) is 0.767. The predicted molar refractivity (Wildman–Crippen MR) is 138 cm³/mol. The number of carbonyl (C=O) groups excluding carboxylic acids is 3. The Hall–Kier alpha value is -1.63. The maximum absolute atomic E-state index is 10.9. The van der Waals surface area contributed by atoms with E-state index in [1.165, 1.54) is 31.3 Å². The fourth-order valence-corrected chi connectivity index (χ4v) is 6.88. The lowest BCUT2D eigenvalue weighted by Crippen LogP contribution is -2.25. The maximum Gasteiger partial charge on any atom is 0.152 e. The molecule has 6 nitrogen and oxygen atoms in total. The Morgan fingerprint density at radius 1 is 0.694 bits per heavy atom. The number of rotatable bonds is 5. The van der Waals surface area contributed by atoms with Crippen molar-refractivity contribution in [2.75, 3.05) is 0 Å². The number of ether oxygens (including phenoxy) is 3. The van der Waals surface area contributed by atoms with Crippen molar-refractivity contribution in [3.63, 3.8) is 0 Å². The number of hydrogen-bond donors (Lipinski definition) is 0. The molecule has 6 bridgehead atoms. The number of carbonyl (C=O) groups is 3.